The van der Waals surface area contributed by atoms with Gasteiger partial charge in [-0.05, 0) is 85.4 Å². The van der Waals surface area contributed by atoms with Gasteiger partial charge in [-0.3, -0.25) is 28.8 Å². The van der Waals surface area contributed by atoms with E-state index in [9.17, 15) is 39.0 Å². The topological polar surface area (TPSA) is 244 Å². The number of aliphatic hydroxyl groups excluding tert-OH is 2. The molecule has 382 valence electrons. The van der Waals surface area contributed by atoms with E-state index >= 15 is 0 Å². The second kappa shape index (κ2) is 19.7. The van der Waals surface area contributed by atoms with Crippen LogP contribution in [0.5, 0.6) is 0 Å². The highest BCUT2D eigenvalue weighted by atomic mass is 16.8. The first-order chi connectivity index (χ1) is 32.1. The summed E-state index contributed by atoms with van der Waals surface area (Å²) in [5.74, 6) is -2.79. The monoisotopic (exact) mass is 964 g/mol. The minimum atomic E-state index is -1.74. The quantitative estimate of drug-likeness (QED) is 0.171. The summed E-state index contributed by atoms with van der Waals surface area (Å²) in [5.41, 5.74) is -0.454. The van der Waals surface area contributed by atoms with Crippen molar-refractivity contribution < 1.29 is 91.1 Å². The van der Waals surface area contributed by atoms with Crippen LogP contribution in [0.4, 0.5) is 0 Å². The third-order valence-electron chi connectivity index (χ3n) is 17.2. The van der Waals surface area contributed by atoms with Gasteiger partial charge < -0.3 is 62.3 Å². The molecule has 19 heteroatoms. The summed E-state index contributed by atoms with van der Waals surface area (Å²) in [6.45, 7) is 13.8. The number of ketones is 1. The summed E-state index contributed by atoms with van der Waals surface area (Å²) < 4.78 is 66.8. The summed E-state index contributed by atoms with van der Waals surface area (Å²) in [6, 6.07) is 0. The van der Waals surface area contributed by atoms with Crippen molar-refractivity contribution in [3.8, 4) is 0 Å². The Labute approximate surface area is 397 Å². The van der Waals surface area contributed by atoms with Crippen molar-refractivity contribution in [3.63, 3.8) is 0 Å². The fraction of sp³-hybridized carbons (Fsp3) is 0.878. The standard InChI is InChI=1S/C49H72O19/c1-22-12-15-49(58-21-22)23(2)37-34(68-49)17-32-31-11-10-29-16-30(13-14-47(29,8)38(31)33(57)18-48(32,37)9)64-45-43(62-27(6)55)42(61-26(5)54)40(36(20-51)65-45)67-46-44(63-28(7)56)41(60-25(4)53)39(59-24(3)52)35(19-50)66-46/h22-23,29-32,34-46,50-51H,10-21H2,1-9H3/t22-,23+,29+,30+,31+,32+,34?,35-,36-,37?,38-,39-,40-,41+,42+,43-,44-,45-,46+,47+,48+,49-/m1/s1. The largest absolute Gasteiger partial charge is 0.456 e. The highest BCUT2D eigenvalue weighted by molar-refractivity contribution is 5.84. The lowest BCUT2D eigenvalue weighted by Crippen LogP contribution is -2.67. The van der Waals surface area contributed by atoms with Gasteiger partial charge in [-0.15, -0.1) is 0 Å². The molecule has 8 rings (SSSR count). The van der Waals surface area contributed by atoms with Crippen molar-refractivity contribution in [1.82, 2.24) is 0 Å². The van der Waals surface area contributed by atoms with Crippen molar-refractivity contribution in [3.05, 3.63) is 0 Å². The van der Waals surface area contributed by atoms with Gasteiger partial charge in [0.25, 0.3) is 0 Å². The molecule has 8 fully saturated rings. The molecule has 4 saturated heterocycles. The van der Waals surface area contributed by atoms with E-state index in [-0.39, 0.29) is 46.5 Å². The first kappa shape index (κ1) is 51.1. The molecule has 4 aliphatic heterocycles. The number of esters is 5. The van der Waals surface area contributed by atoms with E-state index in [1.54, 1.807) is 0 Å². The Balaban J connectivity index is 1.00. The van der Waals surface area contributed by atoms with Crippen LogP contribution < -0.4 is 0 Å². The molecule has 0 aromatic rings. The van der Waals surface area contributed by atoms with Crippen LogP contribution >= 0.6 is 0 Å². The predicted octanol–water partition coefficient (Wildman–Crippen LogP) is 3.48. The zero-order valence-corrected chi connectivity index (χ0v) is 40.8. The molecule has 68 heavy (non-hydrogen) atoms. The molecule has 4 saturated carbocycles. The number of Topliss-reactive ketones (excluding diaryl/α,β-unsaturated/α-hetero) is 1. The average Bonchev–Trinajstić information content (AvgIpc) is 3.70. The van der Waals surface area contributed by atoms with Crippen LogP contribution in [0.25, 0.3) is 0 Å². The number of carbonyl (C=O) groups is 6. The Morgan fingerprint density at radius 1 is 0.647 bits per heavy atom. The molecule has 0 bridgehead atoms. The van der Waals surface area contributed by atoms with Gasteiger partial charge >= 0.3 is 29.8 Å². The normalized spacial score (nSPS) is 47.4. The first-order valence-electron chi connectivity index (χ1n) is 24.7. The smallest absolute Gasteiger partial charge is 0.303 e. The van der Waals surface area contributed by atoms with Gasteiger partial charge in [0.05, 0.1) is 32.0 Å². The summed E-state index contributed by atoms with van der Waals surface area (Å²) in [6.07, 6.45) is -8.40. The molecule has 2 N–H and O–H groups in total. The number of carbonyl (C=O) groups excluding carboxylic acids is 6. The molecule has 4 aliphatic carbocycles. The lowest BCUT2D eigenvalue weighted by Gasteiger charge is -2.60. The second-order valence-electron chi connectivity index (χ2n) is 21.6. The lowest BCUT2D eigenvalue weighted by atomic mass is 9.44. The molecule has 0 aromatic carbocycles. The zero-order valence-electron chi connectivity index (χ0n) is 40.8. The van der Waals surface area contributed by atoms with Crippen molar-refractivity contribution in [2.24, 2.45) is 52.3 Å². The molecule has 2 unspecified atom stereocenters. The molecule has 0 aromatic heterocycles. The van der Waals surface area contributed by atoms with Crippen molar-refractivity contribution in [2.45, 2.75) is 200 Å². The van der Waals surface area contributed by atoms with E-state index in [4.69, 9.17) is 52.1 Å². The van der Waals surface area contributed by atoms with E-state index in [1.807, 2.05) is 0 Å². The highest BCUT2D eigenvalue weighted by Gasteiger charge is 2.71. The van der Waals surface area contributed by atoms with Gasteiger partial charge in [0.2, 0.25) is 0 Å². The van der Waals surface area contributed by atoms with Crippen LogP contribution in [0.1, 0.15) is 120 Å². The van der Waals surface area contributed by atoms with Crippen LogP contribution in [0, 0.1) is 52.3 Å². The maximum absolute atomic E-state index is 14.7. The van der Waals surface area contributed by atoms with Crippen molar-refractivity contribution >= 4 is 35.6 Å². The lowest BCUT2D eigenvalue weighted by molar-refractivity contribution is -0.365. The first-order valence-corrected chi connectivity index (χ1v) is 24.7. The van der Waals surface area contributed by atoms with Crippen LogP contribution in [0.2, 0.25) is 0 Å². The Hall–Kier alpha value is -3.30. The third-order valence-corrected chi connectivity index (χ3v) is 17.2. The number of hydrogen-bond acceptors (Lipinski definition) is 19. The summed E-state index contributed by atoms with van der Waals surface area (Å²) in [4.78, 5) is 77.4. The van der Waals surface area contributed by atoms with Crippen LogP contribution in [-0.4, -0.2) is 145 Å². The highest BCUT2D eigenvalue weighted by Crippen LogP contribution is 2.70. The van der Waals surface area contributed by atoms with E-state index in [0.29, 0.717) is 49.9 Å². The fourth-order valence-electron chi connectivity index (χ4n) is 14.6. The minimum absolute atomic E-state index is 0.0687. The molecule has 19 nitrogen and oxygen atoms in total. The summed E-state index contributed by atoms with van der Waals surface area (Å²) >= 11 is 0. The van der Waals surface area contributed by atoms with E-state index in [0.717, 1.165) is 66.7 Å². The maximum atomic E-state index is 14.7. The molecule has 1 spiro atoms. The fourth-order valence-corrected chi connectivity index (χ4v) is 14.6. The SMILES string of the molecule is CC(=O)O[C@@H]1[C@@H](OC(C)=O)[C@H](O[C@H]2[C@H](OC(C)=O)[C@@H](OC(C)=O)[C@H](O[C@H]3CC[C@@]4(C)[C@@H](CC[C@@H]5[C@@H]4C(=O)C[C@]4(C)C6C(C[C@@H]54)O[C@]4(CC[C@@H](C)CO4)[C@H]6C)C3)O[C@@H]2CO)O[C@H](CO)[C@H]1OC(C)=O. The summed E-state index contributed by atoms with van der Waals surface area (Å²) in [5, 5.41) is 21.2. The number of ether oxygens (including phenoxy) is 11. The minimum Gasteiger partial charge on any atom is -0.456 e. The van der Waals surface area contributed by atoms with Gasteiger partial charge in [0.1, 0.15) is 24.1 Å². The Bertz CT molecular complexity index is 1920. The Morgan fingerprint density at radius 3 is 1.75 bits per heavy atom. The van der Waals surface area contributed by atoms with E-state index in [2.05, 4.69) is 27.7 Å². The van der Waals surface area contributed by atoms with Crippen molar-refractivity contribution in [1.29, 1.82) is 0 Å². The second-order valence-corrected chi connectivity index (χ2v) is 21.6. The number of hydrogen-bond donors (Lipinski definition) is 2. The number of aliphatic hydroxyl groups is 2. The van der Waals surface area contributed by atoms with Gasteiger partial charge in [-0.2, -0.15) is 0 Å². The van der Waals surface area contributed by atoms with Crippen molar-refractivity contribution in [2.75, 3.05) is 19.8 Å². The van der Waals surface area contributed by atoms with Gasteiger partial charge in [0.15, 0.2) is 48.9 Å². The number of rotatable bonds is 11. The van der Waals surface area contributed by atoms with E-state index in [1.165, 1.54) is 0 Å². The Morgan fingerprint density at radius 2 is 1.19 bits per heavy atom. The third kappa shape index (κ3) is 9.36. The molecule has 0 amide bonds. The van der Waals surface area contributed by atoms with Crippen LogP contribution in [-0.2, 0) is 80.9 Å². The predicted molar refractivity (Wildman–Crippen MR) is 231 cm³/mol. The van der Waals surface area contributed by atoms with Gasteiger partial charge in [-0.25, -0.2) is 0 Å². The van der Waals surface area contributed by atoms with Crippen LogP contribution in [0.15, 0.2) is 0 Å². The molecular weight excluding hydrogens is 893 g/mol. The molecular formula is C49H72O19. The van der Waals surface area contributed by atoms with Gasteiger partial charge in [-0.1, -0.05) is 27.7 Å². The molecule has 8 aliphatic rings. The Kier molecular flexibility index (Phi) is 14.8. The maximum Gasteiger partial charge on any atom is 0.303 e. The van der Waals surface area contributed by atoms with E-state index < -0.39 is 116 Å². The average molecular weight is 965 g/mol. The zero-order chi connectivity index (χ0) is 49.2. The molecule has 0 radical (unpaired) electrons. The number of fused-ring (bicyclic) bond motifs is 7. The van der Waals surface area contributed by atoms with Crippen LogP contribution in [0.3, 0.4) is 0 Å². The summed E-state index contributed by atoms with van der Waals surface area (Å²) in [7, 11) is 0. The van der Waals surface area contributed by atoms with Gasteiger partial charge in [0, 0.05) is 59.3 Å². The molecule has 22 atom stereocenters. The molecule has 4 heterocycles.